The van der Waals surface area contributed by atoms with Crippen LogP contribution in [-0.4, -0.2) is 43.8 Å². The van der Waals surface area contributed by atoms with Gasteiger partial charge in [-0.1, -0.05) is 6.42 Å². The number of nitrogens with zero attached hydrogens (tertiary/aromatic N) is 3. The predicted molar refractivity (Wildman–Crippen MR) is 103 cm³/mol. The summed E-state index contributed by atoms with van der Waals surface area (Å²) >= 11 is 0. The van der Waals surface area contributed by atoms with Gasteiger partial charge in [0.05, 0.1) is 19.8 Å². The lowest BCUT2D eigenvalue weighted by molar-refractivity contribution is 0.122. The molecule has 3 rings (SSSR count). The summed E-state index contributed by atoms with van der Waals surface area (Å²) < 4.78 is 19.5. The smallest absolute Gasteiger partial charge is 0.188 e. The summed E-state index contributed by atoms with van der Waals surface area (Å²) in [6.45, 7) is 3.75. The van der Waals surface area contributed by atoms with E-state index in [-0.39, 0.29) is 29.8 Å². The second-order valence-electron chi connectivity index (χ2n) is 6.13. The number of ether oxygens (including phenoxy) is 1. The molecule has 1 saturated carbocycles. The molecule has 1 aromatic heterocycles. The van der Waals surface area contributed by atoms with Crippen molar-refractivity contribution < 1.29 is 9.13 Å². The maximum atomic E-state index is 14.2. The minimum atomic E-state index is -0.319. The fourth-order valence-corrected chi connectivity index (χ4v) is 2.74. The van der Waals surface area contributed by atoms with E-state index in [0.29, 0.717) is 50.2 Å². The molecule has 0 unspecified atom stereocenters. The Bertz CT molecular complexity index is 561. The van der Waals surface area contributed by atoms with E-state index in [1.54, 1.807) is 6.20 Å². The Hall–Kier alpha value is -1.16. The average Bonchev–Trinajstić information content (AvgIpc) is 2.52. The number of hydrogen-bond acceptors (Lipinski definition) is 4. The SMILES string of the molecule is I.NC(=NCc1cnc(N2CCOCC2)c(F)c1)NCC1CCC1. The maximum absolute atomic E-state index is 14.2. The van der Waals surface area contributed by atoms with Crippen LogP contribution in [0.2, 0.25) is 0 Å². The lowest BCUT2D eigenvalue weighted by Crippen LogP contribution is -2.37. The van der Waals surface area contributed by atoms with Gasteiger partial charge in [0.2, 0.25) is 0 Å². The molecule has 1 aliphatic heterocycles. The number of rotatable bonds is 5. The van der Waals surface area contributed by atoms with Crippen LogP contribution in [0.25, 0.3) is 0 Å². The Labute approximate surface area is 159 Å². The van der Waals surface area contributed by atoms with Crippen molar-refractivity contribution in [1.29, 1.82) is 0 Å². The molecule has 2 fully saturated rings. The van der Waals surface area contributed by atoms with Crippen molar-refractivity contribution in [2.24, 2.45) is 16.6 Å². The van der Waals surface area contributed by atoms with Crippen LogP contribution in [0.15, 0.2) is 17.3 Å². The van der Waals surface area contributed by atoms with Crippen molar-refractivity contribution in [1.82, 2.24) is 10.3 Å². The number of aromatic nitrogens is 1. The highest BCUT2D eigenvalue weighted by Gasteiger charge is 2.17. The summed E-state index contributed by atoms with van der Waals surface area (Å²) in [5, 5.41) is 3.12. The first-order valence-corrected chi connectivity index (χ1v) is 8.23. The number of morpholine rings is 1. The van der Waals surface area contributed by atoms with Gasteiger partial charge in [-0.15, -0.1) is 24.0 Å². The normalized spacial score (nSPS) is 18.7. The average molecular weight is 449 g/mol. The topological polar surface area (TPSA) is 75.8 Å². The maximum Gasteiger partial charge on any atom is 0.188 e. The first kappa shape index (κ1) is 19.2. The largest absolute Gasteiger partial charge is 0.378 e. The highest BCUT2D eigenvalue weighted by molar-refractivity contribution is 14.0. The minimum Gasteiger partial charge on any atom is -0.378 e. The summed E-state index contributed by atoms with van der Waals surface area (Å²) in [5.74, 6) is 1.20. The second kappa shape index (κ2) is 9.36. The molecule has 0 bridgehead atoms. The molecular weight excluding hydrogens is 424 g/mol. The lowest BCUT2D eigenvalue weighted by atomic mass is 9.85. The van der Waals surface area contributed by atoms with Crippen LogP contribution >= 0.6 is 24.0 Å². The third kappa shape index (κ3) is 5.17. The van der Waals surface area contributed by atoms with Crippen LogP contribution in [0.5, 0.6) is 0 Å². The molecule has 134 valence electrons. The molecule has 0 atom stereocenters. The zero-order chi connectivity index (χ0) is 16.1. The lowest BCUT2D eigenvalue weighted by Gasteiger charge is -2.28. The summed E-state index contributed by atoms with van der Waals surface area (Å²) in [4.78, 5) is 10.4. The van der Waals surface area contributed by atoms with E-state index in [4.69, 9.17) is 10.5 Å². The van der Waals surface area contributed by atoms with Gasteiger partial charge < -0.3 is 20.7 Å². The Morgan fingerprint density at radius 3 is 2.79 bits per heavy atom. The van der Waals surface area contributed by atoms with Crippen molar-refractivity contribution in [2.75, 3.05) is 37.7 Å². The van der Waals surface area contributed by atoms with E-state index in [1.165, 1.54) is 25.3 Å². The number of anilines is 1. The molecule has 2 heterocycles. The quantitative estimate of drug-likeness (QED) is 0.408. The van der Waals surface area contributed by atoms with Crippen LogP contribution in [0.4, 0.5) is 10.2 Å². The standard InChI is InChI=1S/C16H24FN5O.HI/c17-14-8-13(10-19-15(14)22-4-6-23-7-5-22)11-21-16(18)20-9-12-2-1-3-12;/h8,10,12H,1-7,9,11H2,(H3,18,20,21);1H. The van der Waals surface area contributed by atoms with Gasteiger partial charge in [0.15, 0.2) is 17.6 Å². The van der Waals surface area contributed by atoms with E-state index in [9.17, 15) is 4.39 Å². The number of nitrogens with two attached hydrogens (primary N) is 1. The molecule has 6 nitrogen and oxygen atoms in total. The molecule has 0 radical (unpaired) electrons. The Morgan fingerprint density at radius 2 is 2.17 bits per heavy atom. The molecule has 1 aromatic rings. The molecule has 1 saturated heterocycles. The van der Waals surface area contributed by atoms with Gasteiger partial charge in [0, 0.05) is 25.8 Å². The van der Waals surface area contributed by atoms with Crippen molar-refractivity contribution >= 4 is 35.8 Å². The van der Waals surface area contributed by atoms with Crippen LogP contribution in [0.3, 0.4) is 0 Å². The van der Waals surface area contributed by atoms with Gasteiger partial charge in [0.25, 0.3) is 0 Å². The molecule has 0 aromatic carbocycles. The number of halogens is 2. The van der Waals surface area contributed by atoms with Crippen LogP contribution in [0, 0.1) is 11.7 Å². The number of guanidine groups is 1. The third-order valence-corrected chi connectivity index (χ3v) is 4.42. The van der Waals surface area contributed by atoms with E-state index >= 15 is 0 Å². The van der Waals surface area contributed by atoms with Gasteiger partial charge >= 0.3 is 0 Å². The summed E-state index contributed by atoms with van der Waals surface area (Å²) in [7, 11) is 0. The Kier molecular flexibility index (Phi) is 7.47. The van der Waals surface area contributed by atoms with E-state index in [2.05, 4.69) is 15.3 Å². The van der Waals surface area contributed by atoms with Crippen molar-refractivity contribution in [3.63, 3.8) is 0 Å². The van der Waals surface area contributed by atoms with Crippen molar-refractivity contribution in [3.05, 3.63) is 23.6 Å². The molecule has 0 amide bonds. The molecule has 24 heavy (non-hydrogen) atoms. The fraction of sp³-hybridized carbons (Fsp3) is 0.625. The Morgan fingerprint density at radius 1 is 1.42 bits per heavy atom. The zero-order valence-electron chi connectivity index (χ0n) is 13.7. The summed E-state index contributed by atoms with van der Waals surface area (Å²) in [6, 6.07) is 1.49. The van der Waals surface area contributed by atoms with Gasteiger partial charge in [-0.25, -0.2) is 14.4 Å². The first-order valence-electron chi connectivity index (χ1n) is 8.23. The minimum absolute atomic E-state index is 0. The molecular formula is C16H25FIN5O. The summed E-state index contributed by atoms with van der Waals surface area (Å²) in [5.41, 5.74) is 6.55. The number of aliphatic imine (C=N–C) groups is 1. The number of nitrogens with one attached hydrogen (secondary N) is 1. The molecule has 3 N–H and O–H groups in total. The number of pyridine rings is 1. The van der Waals surface area contributed by atoms with E-state index in [0.717, 1.165) is 12.5 Å². The van der Waals surface area contributed by atoms with Crippen LogP contribution in [0.1, 0.15) is 24.8 Å². The monoisotopic (exact) mass is 449 g/mol. The molecule has 2 aliphatic rings. The van der Waals surface area contributed by atoms with Gasteiger partial charge in [-0.3, -0.25) is 0 Å². The summed E-state index contributed by atoms with van der Waals surface area (Å²) in [6.07, 6.45) is 5.50. The van der Waals surface area contributed by atoms with Crippen LogP contribution in [-0.2, 0) is 11.3 Å². The first-order chi connectivity index (χ1) is 11.2. The van der Waals surface area contributed by atoms with Gasteiger partial charge in [0.1, 0.15) is 0 Å². The van der Waals surface area contributed by atoms with E-state index in [1.807, 2.05) is 4.90 Å². The second-order valence-corrected chi connectivity index (χ2v) is 6.13. The van der Waals surface area contributed by atoms with E-state index < -0.39 is 0 Å². The van der Waals surface area contributed by atoms with Crippen molar-refractivity contribution in [3.8, 4) is 0 Å². The van der Waals surface area contributed by atoms with Gasteiger partial charge in [-0.2, -0.15) is 0 Å². The molecule has 0 spiro atoms. The fourth-order valence-electron chi connectivity index (χ4n) is 2.74. The molecule has 1 aliphatic carbocycles. The number of hydrogen-bond donors (Lipinski definition) is 2. The Balaban J connectivity index is 0.00000208. The highest BCUT2D eigenvalue weighted by Crippen LogP contribution is 2.25. The van der Waals surface area contributed by atoms with Crippen molar-refractivity contribution in [2.45, 2.75) is 25.8 Å². The van der Waals surface area contributed by atoms with Gasteiger partial charge in [-0.05, 0) is 30.4 Å². The predicted octanol–water partition coefficient (Wildman–Crippen LogP) is 1.88. The van der Waals surface area contributed by atoms with Crippen LogP contribution < -0.4 is 16.0 Å². The molecule has 8 heteroatoms. The highest BCUT2D eigenvalue weighted by atomic mass is 127. The third-order valence-electron chi connectivity index (χ3n) is 4.42. The zero-order valence-corrected chi connectivity index (χ0v) is 16.0.